The molecule has 0 fully saturated rings. The summed E-state index contributed by atoms with van der Waals surface area (Å²) in [7, 11) is 0. The van der Waals surface area contributed by atoms with Gasteiger partial charge in [0.15, 0.2) is 11.6 Å². The third kappa shape index (κ3) is 5.26. The Balaban J connectivity index is 2.08. The predicted octanol–water partition coefficient (Wildman–Crippen LogP) is 4.71. The third-order valence-electron chi connectivity index (χ3n) is 3.51. The zero-order valence-corrected chi connectivity index (χ0v) is 13.8. The first kappa shape index (κ1) is 19.8. The molecule has 0 heterocycles. The average molecular weight is 373 g/mol. The van der Waals surface area contributed by atoms with E-state index in [0.29, 0.717) is 5.56 Å². The number of halogens is 5. The molecule has 3 nitrogen and oxygen atoms in total. The van der Waals surface area contributed by atoms with Crippen LogP contribution in [0.5, 0.6) is 0 Å². The van der Waals surface area contributed by atoms with Crippen molar-refractivity contribution in [2.45, 2.75) is 19.7 Å². The van der Waals surface area contributed by atoms with Crippen LogP contribution in [0.3, 0.4) is 0 Å². The normalized spacial score (nSPS) is 11.5. The van der Waals surface area contributed by atoms with Crippen LogP contribution in [0, 0.1) is 11.6 Å². The van der Waals surface area contributed by atoms with Gasteiger partial charge in [0, 0.05) is 23.9 Å². The fourth-order valence-corrected chi connectivity index (χ4v) is 2.28. The van der Waals surface area contributed by atoms with Crippen molar-refractivity contribution in [3.8, 4) is 0 Å². The van der Waals surface area contributed by atoms with E-state index in [-0.39, 0.29) is 24.4 Å². The van der Waals surface area contributed by atoms with E-state index < -0.39 is 30.3 Å². The maximum Gasteiger partial charge on any atom is 0.411 e. The van der Waals surface area contributed by atoms with Gasteiger partial charge in [0.2, 0.25) is 0 Å². The van der Waals surface area contributed by atoms with Gasteiger partial charge in [0.1, 0.15) is 6.61 Å². The Bertz CT molecular complexity index is 759. The molecule has 2 aromatic carbocycles. The molecule has 0 saturated carbocycles. The Labute approximate surface area is 147 Å². The maximum absolute atomic E-state index is 13.4. The van der Waals surface area contributed by atoms with Gasteiger partial charge in [-0.2, -0.15) is 13.2 Å². The smallest absolute Gasteiger partial charge is 0.367 e. The number of rotatable bonds is 6. The first-order valence-electron chi connectivity index (χ1n) is 7.71. The monoisotopic (exact) mass is 373 g/mol. The average Bonchev–Trinajstić information content (AvgIpc) is 2.58. The summed E-state index contributed by atoms with van der Waals surface area (Å²) in [6.45, 7) is 0.306. The third-order valence-corrected chi connectivity index (χ3v) is 3.51. The first-order chi connectivity index (χ1) is 12.2. The van der Waals surface area contributed by atoms with E-state index in [0.717, 1.165) is 12.1 Å². The van der Waals surface area contributed by atoms with Gasteiger partial charge in [0.25, 0.3) is 5.91 Å². The van der Waals surface area contributed by atoms with Crippen LogP contribution in [0.4, 0.5) is 27.6 Å². The van der Waals surface area contributed by atoms with Gasteiger partial charge < -0.3 is 9.64 Å². The second-order valence-electron chi connectivity index (χ2n) is 5.45. The van der Waals surface area contributed by atoms with Gasteiger partial charge in [-0.05, 0) is 36.8 Å². The van der Waals surface area contributed by atoms with E-state index in [2.05, 4.69) is 4.74 Å². The van der Waals surface area contributed by atoms with E-state index in [1.54, 1.807) is 6.92 Å². The highest BCUT2D eigenvalue weighted by molar-refractivity contribution is 6.06. The van der Waals surface area contributed by atoms with Crippen LogP contribution in [0.1, 0.15) is 22.8 Å². The van der Waals surface area contributed by atoms with Crippen molar-refractivity contribution in [1.82, 2.24) is 0 Å². The van der Waals surface area contributed by atoms with Crippen molar-refractivity contribution in [1.29, 1.82) is 0 Å². The van der Waals surface area contributed by atoms with Crippen LogP contribution in [0.15, 0.2) is 42.5 Å². The van der Waals surface area contributed by atoms with Gasteiger partial charge in [-0.15, -0.1) is 0 Å². The molecule has 0 radical (unpaired) electrons. The molecular formula is C18H16F5NO2. The molecule has 2 rings (SSSR count). The molecule has 1 amide bonds. The second-order valence-corrected chi connectivity index (χ2v) is 5.45. The SMILES string of the molecule is CCN(C(=O)c1ccc(COCC(F)(F)F)cc1)c1ccc(F)c(F)c1. The minimum atomic E-state index is -4.40. The molecule has 26 heavy (non-hydrogen) atoms. The molecule has 0 aromatic heterocycles. The van der Waals surface area contributed by atoms with Crippen LogP contribution in [-0.2, 0) is 11.3 Å². The summed E-state index contributed by atoms with van der Waals surface area (Å²) in [6, 6.07) is 8.98. The summed E-state index contributed by atoms with van der Waals surface area (Å²) in [4.78, 5) is 13.8. The standard InChI is InChI=1S/C18H16F5NO2/c1-2-24(14-7-8-15(19)16(20)9-14)17(25)13-5-3-12(4-6-13)10-26-11-18(21,22)23/h3-9H,2,10-11H2,1H3. The zero-order valence-electron chi connectivity index (χ0n) is 13.8. The van der Waals surface area contributed by atoms with Crippen LogP contribution in [-0.4, -0.2) is 25.2 Å². The highest BCUT2D eigenvalue weighted by atomic mass is 19.4. The van der Waals surface area contributed by atoms with Crippen LogP contribution in [0.2, 0.25) is 0 Å². The Kier molecular flexibility index (Phi) is 6.31. The van der Waals surface area contributed by atoms with Gasteiger partial charge in [-0.25, -0.2) is 8.78 Å². The van der Waals surface area contributed by atoms with E-state index in [1.165, 1.54) is 35.2 Å². The quantitative estimate of drug-likeness (QED) is 0.687. The second kappa shape index (κ2) is 8.27. The summed E-state index contributed by atoms with van der Waals surface area (Å²) in [5.74, 6) is -2.52. The minimum Gasteiger partial charge on any atom is -0.367 e. The van der Waals surface area contributed by atoms with Crippen LogP contribution >= 0.6 is 0 Å². The zero-order chi connectivity index (χ0) is 19.3. The molecule has 0 aliphatic heterocycles. The molecule has 140 valence electrons. The fourth-order valence-electron chi connectivity index (χ4n) is 2.28. The number of carbonyl (C=O) groups is 1. The number of anilines is 1. The van der Waals surface area contributed by atoms with Gasteiger partial charge >= 0.3 is 6.18 Å². The molecule has 0 unspecified atom stereocenters. The predicted molar refractivity (Wildman–Crippen MR) is 85.9 cm³/mol. The number of ether oxygens (including phenoxy) is 1. The molecule has 0 atom stereocenters. The highest BCUT2D eigenvalue weighted by Crippen LogP contribution is 2.21. The lowest BCUT2D eigenvalue weighted by molar-refractivity contribution is -0.176. The van der Waals surface area contributed by atoms with Gasteiger partial charge in [0.05, 0.1) is 6.61 Å². The summed E-state index contributed by atoms with van der Waals surface area (Å²) in [5, 5.41) is 0. The molecule has 8 heteroatoms. The lowest BCUT2D eigenvalue weighted by Crippen LogP contribution is -2.30. The summed E-state index contributed by atoms with van der Waals surface area (Å²) < 4.78 is 67.1. The van der Waals surface area contributed by atoms with Crippen molar-refractivity contribution in [2.75, 3.05) is 18.1 Å². The molecule has 0 spiro atoms. The van der Waals surface area contributed by atoms with Crippen LogP contribution < -0.4 is 4.90 Å². The molecular weight excluding hydrogens is 357 g/mol. The molecule has 0 aliphatic carbocycles. The summed E-state index contributed by atoms with van der Waals surface area (Å²) >= 11 is 0. The number of hydrogen-bond donors (Lipinski definition) is 0. The summed E-state index contributed by atoms with van der Waals surface area (Å²) in [6.07, 6.45) is -4.40. The number of amides is 1. The Morgan fingerprint density at radius 2 is 1.69 bits per heavy atom. The molecule has 2 aromatic rings. The first-order valence-corrected chi connectivity index (χ1v) is 7.71. The lowest BCUT2D eigenvalue weighted by atomic mass is 10.1. The van der Waals surface area contributed by atoms with E-state index in [4.69, 9.17) is 0 Å². The van der Waals surface area contributed by atoms with Crippen LogP contribution in [0.25, 0.3) is 0 Å². The molecule has 0 N–H and O–H groups in total. The highest BCUT2D eigenvalue weighted by Gasteiger charge is 2.27. The van der Waals surface area contributed by atoms with E-state index >= 15 is 0 Å². The van der Waals surface area contributed by atoms with Crippen molar-refractivity contribution >= 4 is 11.6 Å². The van der Waals surface area contributed by atoms with Crippen molar-refractivity contribution < 1.29 is 31.5 Å². The van der Waals surface area contributed by atoms with Gasteiger partial charge in [-0.1, -0.05) is 12.1 Å². The van der Waals surface area contributed by atoms with Gasteiger partial charge in [-0.3, -0.25) is 4.79 Å². The molecule has 0 bridgehead atoms. The molecule has 0 aliphatic rings. The lowest BCUT2D eigenvalue weighted by Gasteiger charge is -2.21. The number of carbonyl (C=O) groups excluding carboxylic acids is 1. The van der Waals surface area contributed by atoms with E-state index in [9.17, 15) is 26.7 Å². The van der Waals surface area contributed by atoms with Crippen molar-refractivity contribution in [3.05, 3.63) is 65.2 Å². The number of nitrogens with zero attached hydrogens (tertiary/aromatic N) is 1. The molecule has 0 saturated heterocycles. The number of benzene rings is 2. The minimum absolute atomic E-state index is 0.203. The largest absolute Gasteiger partial charge is 0.411 e. The Hall–Kier alpha value is -2.48. The number of alkyl halides is 3. The van der Waals surface area contributed by atoms with E-state index in [1.807, 2.05) is 0 Å². The topological polar surface area (TPSA) is 29.5 Å². The summed E-state index contributed by atoms with van der Waals surface area (Å²) in [5.41, 5.74) is 0.937. The van der Waals surface area contributed by atoms with Crippen molar-refractivity contribution in [2.24, 2.45) is 0 Å². The Morgan fingerprint density at radius 1 is 1.04 bits per heavy atom. The number of hydrogen-bond acceptors (Lipinski definition) is 2. The van der Waals surface area contributed by atoms with Crippen molar-refractivity contribution in [3.63, 3.8) is 0 Å². The Morgan fingerprint density at radius 3 is 2.23 bits per heavy atom. The fraction of sp³-hybridized carbons (Fsp3) is 0.278. The maximum atomic E-state index is 13.4.